The SMILES string of the molecule is CC(C)c1cc(-c2[nH]nc(OC3CCOCC3)[n+]2-c2ccc3c(c2)CCC3)c(O)cc1O. The van der Waals surface area contributed by atoms with Gasteiger partial charge in [-0.2, -0.15) is 4.57 Å². The third-order valence-electron chi connectivity index (χ3n) is 6.48. The lowest BCUT2D eigenvalue weighted by Crippen LogP contribution is -2.37. The van der Waals surface area contributed by atoms with Crippen LogP contribution < -0.4 is 9.30 Å². The van der Waals surface area contributed by atoms with Gasteiger partial charge in [0.2, 0.25) is 0 Å². The minimum Gasteiger partial charge on any atom is -0.508 e. The summed E-state index contributed by atoms with van der Waals surface area (Å²) < 4.78 is 13.7. The lowest BCUT2D eigenvalue weighted by Gasteiger charge is -2.21. The van der Waals surface area contributed by atoms with Crippen LogP contribution in [0.4, 0.5) is 0 Å². The molecule has 7 nitrogen and oxygen atoms in total. The average Bonchev–Trinajstić information content (AvgIpc) is 3.40. The predicted molar refractivity (Wildman–Crippen MR) is 119 cm³/mol. The van der Waals surface area contributed by atoms with Crippen molar-refractivity contribution in [2.45, 2.75) is 58.0 Å². The van der Waals surface area contributed by atoms with E-state index in [0.29, 0.717) is 30.6 Å². The van der Waals surface area contributed by atoms with Crippen molar-refractivity contribution in [1.82, 2.24) is 10.2 Å². The van der Waals surface area contributed by atoms with Crippen LogP contribution in [0.15, 0.2) is 30.3 Å². The molecule has 0 spiro atoms. The summed E-state index contributed by atoms with van der Waals surface area (Å²) in [6.45, 7) is 5.38. The molecule has 0 radical (unpaired) electrons. The van der Waals surface area contributed by atoms with E-state index in [1.54, 1.807) is 0 Å². The van der Waals surface area contributed by atoms with Crippen LogP contribution in [0.25, 0.3) is 17.1 Å². The van der Waals surface area contributed by atoms with Crippen molar-refractivity contribution in [3.63, 3.8) is 0 Å². The first-order valence-electron chi connectivity index (χ1n) is 11.4. The molecule has 0 unspecified atom stereocenters. The second-order valence-corrected chi connectivity index (χ2v) is 9.01. The van der Waals surface area contributed by atoms with Crippen LogP contribution in [-0.2, 0) is 17.6 Å². The van der Waals surface area contributed by atoms with E-state index in [9.17, 15) is 10.2 Å². The van der Waals surface area contributed by atoms with Crippen LogP contribution in [0, 0.1) is 0 Å². The lowest BCUT2D eigenvalue weighted by atomic mass is 9.98. The fraction of sp³-hybridized carbons (Fsp3) is 0.440. The number of rotatable bonds is 5. The molecule has 1 aliphatic heterocycles. The predicted octanol–water partition coefficient (Wildman–Crippen LogP) is 3.93. The molecule has 3 aromatic rings. The molecule has 168 valence electrons. The first kappa shape index (κ1) is 20.8. The highest BCUT2D eigenvalue weighted by atomic mass is 16.5. The van der Waals surface area contributed by atoms with Gasteiger partial charge in [0.15, 0.2) is 0 Å². The van der Waals surface area contributed by atoms with E-state index in [2.05, 4.69) is 28.4 Å². The van der Waals surface area contributed by atoms with Crippen molar-refractivity contribution in [3.05, 3.63) is 47.0 Å². The number of H-pyrrole nitrogens is 1. The Labute approximate surface area is 187 Å². The number of aromatic amines is 1. The number of hydrogen-bond acceptors (Lipinski definition) is 5. The highest BCUT2D eigenvalue weighted by Gasteiger charge is 2.31. The molecular formula is C25H30N3O4+. The fourth-order valence-electron chi connectivity index (χ4n) is 4.68. The zero-order valence-electron chi connectivity index (χ0n) is 18.6. The first-order chi connectivity index (χ1) is 15.5. The number of nitrogens with one attached hydrogen (secondary N) is 1. The van der Waals surface area contributed by atoms with Crippen LogP contribution in [0.3, 0.4) is 0 Å². The van der Waals surface area contributed by atoms with E-state index in [1.165, 1.54) is 23.6 Å². The van der Waals surface area contributed by atoms with Crippen molar-refractivity contribution < 1.29 is 24.3 Å². The number of ether oxygens (including phenoxy) is 2. The van der Waals surface area contributed by atoms with Gasteiger partial charge in [0.05, 0.1) is 23.9 Å². The van der Waals surface area contributed by atoms with E-state index in [-0.39, 0.29) is 23.5 Å². The maximum atomic E-state index is 10.7. The molecule has 2 aliphatic rings. The van der Waals surface area contributed by atoms with E-state index in [0.717, 1.165) is 36.9 Å². The van der Waals surface area contributed by atoms with E-state index >= 15 is 0 Å². The van der Waals surface area contributed by atoms with Crippen LogP contribution in [-0.4, -0.2) is 39.7 Å². The normalized spacial score (nSPS) is 16.5. The van der Waals surface area contributed by atoms with Gasteiger partial charge in [-0.25, -0.2) is 0 Å². The maximum absolute atomic E-state index is 10.7. The Balaban J connectivity index is 1.64. The number of hydrogen-bond donors (Lipinski definition) is 3. The summed E-state index contributed by atoms with van der Waals surface area (Å²) >= 11 is 0. The van der Waals surface area contributed by atoms with Crippen molar-refractivity contribution >= 4 is 0 Å². The second kappa shape index (κ2) is 8.47. The number of nitrogens with zero attached hydrogens (tertiary/aromatic N) is 2. The second-order valence-electron chi connectivity index (χ2n) is 9.01. The van der Waals surface area contributed by atoms with Crippen molar-refractivity contribution in [2.75, 3.05) is 13.2 Å². The fourth-order valence-corrected chi connectivity index (χ4v) is 4.68. The Morgan fingerprint density at radius 1 is 1.06 bits per heavy atom. The van der Waals surface area contributed by atoms with Gasteiger partial charge >= 0.3 is 6.01 Å². The summed E-state index contributed by atoms with van der Waals surface area (Å²) in [6, 6.07) is 10.1. The Morgan fingerprint density at radius 3 is 2.62 bits per heavy atom. The molecule has 5 rings (SSSR count). The average molecular weight is 437 g/mol. The molecule has 1 saturated heterocycles. The van der Waals surface area contributed by atoms with Crippen LogP contribution in [0.5, 0.6) is 17.5 Å². The van der Waals surface area contributed by atoms with Crippen LogP contribution in [0.2, 0.25) is 0 Å². The molecular weight excluding hydrogens is 406 g/mol. The number of phenolic OH excluding ortho intramolecular Hbond substituents is 2. The van der Waals surface area contributed by atoms with E-state index in [1.807, 2.05) is 24.5 Å². The minimum absolute atomic E-state index is 0.0110. The zero-order chi connectivity index (χ0) is 22.2. The third-order valence-corrected chi connectivity index (χ3v) is 6.48. The number of aromatic nitrogens is 3. The Hall–Kier alpha value is -3.06. The minimum atomic E-state index is -0.0110. The third kappa shape index (κ3) is 3.81. The van der Waals surface area contributed by atoms with Gasteiger partial charge in [-0.15, -0.1) is 5.10 Å². The molecule has 1 aliphatic carbocycles. The van der Waals surface area contributed by atoms with Crippen molar-refractivity contribution in [1.29, 1.82) is 0 Å². The molecule has 2 heterocycles. The van der Waals surface area contributed by atoms with E-state index < -0.39 is 0 Å². The van der Waals surface area contributed by atoms with Crippen LogP contribution >= 0.6 is 0 Å². The molecule has 32 heavy (non-hydrogen) atoms. The molecule has 7 heteroatoms. The standard InChI is InChI=1S/C25H29N3O4/c1-15(2)20-13-21(23(30)14-22(20)29)24-26-27-25(32-19-8-10-31-11-9-19)28(24)18-7-6-16-4-3-5-17(16)12-18/h6-7,12-15,19H,3-5,8-11H2,1-2H3,(H2,26,29,30)/p+1. The lowest BCUT2D eigenvalue weighted by molar-refractivity contribution is -0.593. The molecule has 1 fully saturated rings. The maximum Gasteiger partial charge on any atom is 0.473 e. The Morgan fingerprint density at radius 2 is 1.84 bits per heavy atom. The number of aromatic hydroxyl groups is 2. The molecule has 3 N–H and O–H groups in total. The molecule has 2 aromatic carbocycles. The molecule has 0 bridgehead atoms. The van der Waals surface area contributed by atoms with Gasteiger partial charge in [-0.05, 0) is 60.1 Å². The molecule has 0 saturated carbocycles. The van der Waals surface area contributed by atoms with E-state index in [4.69, 9.17) is 9.47 Å². The summed E-state index contributed by atoms with van der Waals surface area (Å²) in [4.78, 5) is 0. The number of benzene rings is 2. The van der Waals surface area contributed by atoms with Crippen LogP contribution in [0.1, 0.15) is 55.7 Å². The van der Waals surface area contributed by atoms with Gasteiger partial charge < -0.3 is 19.7 Å². The molecule has 0 atom stereocenters. The Kier molecular flexibility index (Phi) is 5.51. The first-order valence-corrected chi connectivity index (χ1v) is 11.4. The quantitative estimate of drug-likeness (QED) is 0.527. The van der Waals surface area contributed by atoms with Gasteiger partial charge in [0.25, 0.3) is 5.82 Å². The van der Waals surface area contributed by atoms with Gasteiger partial charge in [0.1, 0.15) is 23.3 Å². The zero-order valence-corrected chi connectivity index (χ0v) is 18.6. The molecule has 0 amide bonds. The summed E-state index contributed by atoms with van der Waals surface area (Å²) in [7, 11) is 0. The smallest absolute Gasteiger partial charge is 0.473 e. The van der Waals surface area contributed by atoms with Gasteiger partial charge in [0, 0.05) is 18.9 Å². The highest BCUT2D eigenvalue weighted by Crippen LogP contribution is 2.37. The summed E-state index contributed by atoms with van der Waals surface area (Å²) in [6.07, 6.45) is 5.00. The monoisotopic (exact) mass is 436 g/mol. The largest absolute Gasteiger partial charge is 0.508 e. The molecule has 1 aromatic heterocycles. The van der Waals surface area contributed by atoms with Crippen molar-refractivity contribution in [3.8, 4) is 34.6 Å². The summed E-state index contributed by atoms with van der Waals surface area (Å²) in [5, 5.41) is 28.6. The number of aryl methyl sites for hydroxylation is 2. The van der Waals surface area contributed by atoms with Gasteiger partial charge in [-0.1, -0.05) is 19.9 Å². The summed E-state index contributed by atoms with van der Waals surface area (Å²) in [5.74, 6) is 0.791. The Bertz CT molecular complexity index is 1130. The highest BCUT2D eigenvalue weighted by molar-refractivity contribution is 5.66. The summed E-state index contributed by atoms with van der Waals surface area (Å²) in [5.41, 5.74) is 5.01. The van der Waals surface area contributed by atoms with Crippen molar-refractivity contribution in [2.24, 2.45) is 0 Å². The number of fused-ring (bicyclic) bond motifs is 1. The van der Waals surface area contributed by atoms with Gasteiger partial charge in [-0.3, -0.25) is 0 Å². The number of phenols is 2. The topological polar surface area (TPSA) is 91.5 Å².